The molecule has 0 radical (unpaired) electrons. The average molecular weight is 330 g/mol. The number of carbonyl (C=O) groups excluding carboxylic acids is 2. The molecule has 2 amide bonds. The van der Waals surface area contributed by atoms with E-state index in [2.05, 4.69) is 0 Å². The number of aliphatic hydroxyl groups excluding tert-OH is 1. The molecule has 0 saturated carbocycles. The molecule has 0 aliphatic carbocycles. The Kier molecular flexibility index (Phi) is 7.26. The summed E-state index contributed by atoms with van der Waals surface area (Å²) in [4.78, 5) is 24.6. The van der Waals surface area contributed by atoms with Crippen LogP contribution in [0.25, 0.3) is 0 Å². The molecule has 0 bridgehead atoms. The summed E-state index contributed by atoms with van der Waals surface area (Å²) in [5, 5.41) is 10.7. The minimum absolute atomic E-state index is 0.0786. The van der Waals surface area contributed by atoms with Gasteiger partial charge < -0.3 is 20.1 Å². The molecule has 0 aromatic carbocycles. The van der Waals surface area contributed by atoms with E-state index < -0.39 is 24.7 Å². The van der Waals surface area contributed by atoms with Gasteiger partial charge in [-0.2, -0.15) is 13.2 Å². The van der Waals surface area contributed by atoms with Gasteiger partial charge in [-0.05, 0) is 0 Å². The van der Waals surface area contributed by atoms with Crippen LogP contribution in [0.5, 0.6) is 0 Å². The van der Waals surface area contributed by atoms with Crippen LogP contribution in [0.2, 0.25) is 0 Å². The first-order valence-corrected chi connectivity index (χ1v) is 7.41. The fourth-order valence-corrected chi connectivity index (χ4v) is 2.26. The van der Waals surface area contributed by atoms with Gasteiger partial charge in [0.2, 0.25) is 11.8 Å². The van der Waals surface area contributed by atoms with Gasteiger partial charge in [0.25, 0.3) is 0 Å². The Bertz CT molecular complexity index is 362. The fraction of sp³-hybridized carbons (Fsp3) is 0.818. The van der Waals surface area contributed by atoms with Gasteiger partial charge in [0.05, 0.1) is 31.3 Å². The largest absolute Gasteiger partial charge is 0.416 e. The number of nitrogens with zero attached hydrogens (tertiary/aromatic N) is 1. The van der Waals surface area contributed by atoms with Gasteiger partial charge in [-0.25, -0.2) is 0 Å². The Balaban J connectivity index is 2.14. The van der Waals surface area contributed by atoms with Crippen LogP contribution < -0.4 is 5.32 Å². The summed E-state index contributed by atoms with van der Waals surface area (Å²) >= 11 is 1.02. The molecule has 1 aliphatic rings. The zero-order valence-electron chi connectivity index (χ0n) is 11.2. The zero-order chi connectivity index (χ0) is 15.9. The van der Waals surface area contributed by atoms with Gasteiger partial charge in [0.15, 0.2) is 6.10 Å². The fourth-order valence-electron chi connectivity index (χ4n) is 1.51. The van der Waals surface area contributed by atoms with E-state index in [-0.39, 0.29) is 17.4 Å². The van der Waals surface area contributed by atoms with Crippen LogP contribution in [0.4, 0.5) is 13.2 Å². The summed E-state index contributed by atoms with van der Waals surface area (Å²) in [6.45, 7) is 1.07. The first-order valence-electron chi connectivity index (χ1n) is 6.25. The molecule has 0 aromatic rings. The van der Waals surface area contributed by atoms with Gasteiger partial charge in [0.1, 0.15) is 0 Å². The lowest BCUT2D eigenvalue weighted by molar-refractivity contribution is -0.201. The number of nitrogens with one attached hydrogen (secondary N) is 1. The Morgan fingerprint density at radius 1 is 1.29 bits per heavy atom. The number of amides is 2. The third-order valence-corrected chi connectivity index (χ3v) is 3.61. The van der Waals surface area contributed by atoms with Gasteiger partial charge >= 0.3 is 6.18 Å². The van der Waals surface area contributed by atoms with E-state index in [1.54, 1.807) is 4.90 Å². The maximum absolute atomic E-state index is 12.0. The topological polar surface area (TPSA) is 78.9 Å². The highest BCUT2D eigenvalue weighted by molar-refractivity contribution is 8.00. The summed E-state index contributed by atoms with van der Waals surface area (Å²) in [5.74, 6) is -0.847. The number of alkyl halides is 3. The normalized spacial score (nSPS) is 17.4. The highest BCUT2D eigenvalue weighted by Gasteiger charge is 2.38. The lowest BCUT2D eigenvalue weighted by Crippen LogP contribution is -2.42. The molecule has 10 heteroatoms. The second-order valence-corrected chi connectivity index (χ2v) is 5.33. The number of halogens is 3. The van der Waals surface area contributed by atoms with Gasteiger partial charge in [-0.3, -0.25) is 9.59 Å². The molecule has 122 valence electrons. The lowest BCUT2D eigenvalue weighted by Gasteiger charge is -2.26. The molecule has 1 atom stereocenters. The smallest absolute Gasteiger partial charge is 0.382 e. The molecule has 0 spiro atoms. The van der Waals surface area contributed by atoms with E-state index in [4.69, 9.17) is 9.84 Å². The molecule has 0 aromatic heterocycles. The molecular weight excluding hydrogens is 313 g/mol. The standard InChI is InChI=1S/C11H17F3N2O4S/c12-11(13,14)8(17)5-15-9(18)6-21-7-10(19)16-1-3-20-4-2-16/h8,17H,1-7H2,(H,15,18). The Labute approximate surface area is 124 Å². The van der Waals surface area contributed by atoms with Crippen molar-refractivity contribution in [3.63, 3.8) is 0 Å². The number of hydrogen-bond donors (Lipinski definition) is 2. The first-order chi connectivity index (χ1) is 9.80. The van der Waals surface area contributed by atoms with Crippen LogP contribution >= 0.6 is 11.8 Å². The van der Waals surface area contributed by atoms with Crippen LogP contribution in [0.1, 0.15) is 0 Å². The quantitative estimate of drug-likeness (QED) is 0.694. The van der Waals surface area contributed by atoms with Crippen molar-refractivity contribution in [3.8, 4) is 0 Å². The van der Waals surface area contributed by atoms with E-state index in [1.165, 1.54) is 0 Å². The molecule has 1 heterocycles. The van der Waals surface area contributed by atoms with Crippen molar-refractivity contribution in [1.29, 1.82) is 0 Å². The highest BCUT2D eigenvalue weighted by atomic mass is 32.2. The second-order valence-electron chi connectivity index (χ2n) is 4.35. The molecule has 2 N–H and O–H groups in total. The number of thioether (sulfide) groups is 1. The molecule has 1 aliphatic heterocycles. The highest BCUT2D eigenvalue weighted by Crippen LogP contribution is 2.19. The van der Waals surface area contributed by atoms with E-state index in [1.807, 2.05) is 5.32 Å². The molecule has 21 heavy (non-hydrogen) atoms. The van der Waals surface area contributed by atoms with Crippen LogP contribution in [-0.2, 0) is 14.3 Å². The molecule has 1 unspecified atom stereocenters. The zero-order valence-corrected chi connectivity index (χ0v) is 12.0. The van der Waals surface area contributed by atoms with Crippen LogP contribution in [0, 0.1) is 0 Å². The number of morpholine rings is 1. The summed E-state index contributed by atoms with van der Waals surface area (Å²) in [7, 11) is 0. The third-order valence-electron chi connectivity index (χ3n) is 2.69. The third kappa shape index (κ3) is 7.00. The van der Waals surface area contributed by atoms with E-state index in [0.29, 0.717) is 26.3 Å². The van der Waals surface area contributed by atoms with Gasteiger partial charge in [0, 0.05) is 13.1 Å². The molecular formula is C11H17F3N2O4S. The maximum Gasteiger partial charge on any atom is 0.416 e. The lowest BCUT2D eigenvalue weighted by atomic mass is 10.3. The summed E-state index contributed by atoms with van der Waals surface area (Å²) in [6.07, 6.45) is -7.34. The average Bonchev–Trinajstić information content (AvgIpc) is 2.44. The molecule has 1 rings (SSSR count). The van der Waals surface area contributed by atoms with E-state index in [9.17, 15) is 22.8 Å². The van der Waals surface area contributed by atoms with Crippen molar-refractivity contribution in [2.45, 2.75) is 12.3 Å². The van der Waals surface area contributed by atoms with Crippen LogP contribution in [-0.4, -0.2) is 78.5 Å². The van der Waals surface area contributed by atoms with Crippen molar-refractivity contribution < 1.29 is 32.6 Å². The molecule has 1 fully saturated rings. The second kappa shape index (κ2) is 8.44. The minimum atomic E-state index is -4.76. The van der Waals surface area contributed by atoms with Crippen molar-refractivity contribution in [2.24, 2.45) is 0 Å². The van der Waals surface area contributed by atoms with Crippen molar-refractivity contribution in [2.75, 3.05) is 44.4 Å². The minimum Gasteiger partial charge on any atom is -0.382 e. The summed E-state index contributed by atoms with van der Waals surface area (Å²) in [5.41, 5.74) is 0. The van der Waals surface area contributed by atoms with E-state index in [0.717, 1.165) is 11.8 Å². The number of hydrogen-bond acceptors (Lipinski definition) is 5. The van der Waals surface area contributed by atoms with Crippen molar-refractivity contribution >= 4 is 23.6 Å². The van der Waals surface area contributed by atoms with Crippen LogP contribution in [0.3, 0.4) is 0 Å². The number of aliphatic hydroxyl groups is 1. The SMILES string of the molecule is O=C(CSCC(=O)N1CCOCC1)NCC(O)C(F)(F)F. The predicted molar refractivity (Wildman–Crippen MR) is 69.8 cm³/mol. The monoisotopic (exact) mass is 330 g/mol. The van der Waals surface area contributed by atoms with Crippen molar-refractivity contribution in [3.05, 3.63) is 0 Å². The number of rotatable bonds is 6. The van der Waals surface area contributed by atoms with Crippen molar-refractivity contribution in [1.82, 2.24) is 10.2 Å². The maximum atomic E-state index is 12.0. The van der Waals surface area contributed by atoms with Gasteiger partial charge in [-0.1, -0.05) is 0 Å². The first kappa shape index (κ1) is 18.1. The predicted octanol–water partition coefficient (Wildman–Crippen LogP) is -0.382. The summed E-state index contributed by atoms with van der Waals surface area (Å²) < 4.78 is 41.1. The number of ether oxygens (including phenoxy) is 1. The molecule has 6 nitrogen and oxygen atoms in total. The van der Waals surface area contributed by atoms with E-state index >= 15 is 0 Å². The Morgan fingerprint density at radius 3 is 2.48 bits per heavy atom. The Morgan fingerprint density at radius 2 is 1.90 bits per heavy atom. The summed E-state index contributed by atoms with van der Waals surface area (Å²) in [6, 6.07) is 0. The number of carbonyl (C=O) groups is 2. The van der Waals surface area contributed by atoms with Crippen LogP contribution in [0.15, 0.2) is 0 Å². The molecule has 1 saturated heterocycles. The van der Waals surface area contributed by atoms with Gasteiger partial charge in [-0.15, -0.1) is 11.8 Å². The Hall–Kier alpha value is -1.00.